The number of hydrogen-bond donors (Lipinski definition) is 2. The van der Waals surface area contributed by atoms with E-state index in [1.54, 1.807) is 0 Å². The van der Waals surface area contributed by atoms with Gasteiger partial charge in [-0.2, -0.15) is 11.8 Å². The molecular weight excluding hydrogens is 362 g/mol. The van der Waals surface area contributed by atoms with E-state index in [0.717, 1.165) is 69.2 Å². The normalized spacial score (nSPS) is 22.0. The van der Waals surface area contributed by atoms with Crippen LogP contribution in [0.15, 0.2) is 4.99 Å². The van der Waals surface area contributed by atoms with Gasteiger partial charge in [0.05, 0.1) is 13.2 Å². The summed E-state index contributed by atoms with van der Waals surface area (Å²) in [6.45, 7) is 8.33. The summed E-state index contributed by atoms with van der Waals surface area (Å²) in [5, 5.41) is 15.5. The van der Waals surface area contributed by atoms with E-state index in [9.17, 15) is 0 Å². The maximum atomic E-state index is 5.41. The molecule has 0 saturated carbocycles. The summed E-state index contributed by atoms with van der Waals surface area (Å²) in [5.41, 5.74) is 0. The van der Waals surface area contributed by atoms with E-state index < -0.39 is 0 Å². The standard InChI is InChI=1S/C18H33N7OS/c1-15-22-23-17(24(15)2)13-20-18(21-16-5-3-12-27-14-16)19-6-4-7-25-8-10-26-11-9-25/h16H,3-14H2,1-2H3,(H2,19,20,21). The van der Waals surface area contributed by atoms with E-state index in [-0.39, 0.29) is 0 Å². The van der Waals surface area contributed by atoms with Crippen LogP contribution in [0.25, 0.3) is 0 Å². The molecule has 152 valence electrons. The van der Waals surface area contributed by atoms with Gasteiger partial charge in [-0.15, -0.1) is 10.2 Å². The van der Waals surface area contributed by atoms with Gasteiger partial charge in [-0.1, -0.05) is 0 Å². The van der Waals surface area contributed by atoms with Crippen molar-refractivity contribution in [1.29, 1.82) is 0 Å². The van der Waals surface area contributed by atoms with Crippen molar-refractivity contribution in [1.82, 2.24) is 30.3 Å². The van der Waals surface area contributed by atoms with Crippen molar-refractivity contribution < 1.29 is 4.74 Å². The first kappa shape index (κ1) is 20.4. The monoisotopic (exact) mass is 395 g/mol. The molecular formula is C18H33N7OS. The van der Waals surface area contributed by atoms with Gasteiger partial charge in [-0.3, -0.25) is 4.90 Å². The van der Waals surface area contributed by atoms with Crippen molar-refractivity contribution >= 4 is 17.7 Å². The number of morpholine rings is 1. The van der Waals surface area contributed by atoms with Crippen LogP contribution in [0.4, 0.5) is 0 Å². The molecule has 2 saturated heterocycles. The molecule has 0 bridgehead atoms. The van der Waals surface area contributed by atoms with Gasteiger partial charge in [0.25, 0.3) is 0 Å². The highest BCUT2D eigenvalue weighted by Gasteiger charge is 2.15. The van der Waals surface area contributed by atoms with Crippen LogP contribution in [0.3, 0.4) is 0 Å². The van der Waals surface area contributed by atoms with E-state index in [4.69, 9.17) is 9.73 Å². The lowest BCUT2D eigenvalue weighted by Crippen LogP contribution is -2.46. The van der Waals surface area contributed by atoms with Crippen LogP contribution in [0, 0.1) is 6.92 Å². The third kappa shape index (κ3) is 6.65. The molecule has 2 aliphatic heterocycles. The number of aliphatic imine (C=N–C) groups is 1. The lowest BCUT2D eigenvalue weighted by Gasteiger charge is -2.27. The van der Waals surface area contributed by atoms with Crippen molar-refractivity contribution in [2.45, 2.75) is 38.8 Å². The van der Waals surface area contributed by atoms with Gasteiger partial charge in [0.1, 0.15) is 12.4 Å². The predicted octanol–water partition coefficient (Wildman–Crippen LogP) is 0.777. The number of rotatable bonds is 7. The summed E-state index contributed by atoms with van der Waals surface area (Å²) in [4.78, 5) is 7.24. The van der Waals surface area contributed by atoms with Crippen molar-refractivity contribution in [3.05, 3.63) is 11.6 Å². The van der Waals surface area contributed by atoms with Crippen molar-refractivity contribution in [2.24, 2.45) is 12.0 Å². The first-order valence-corrected chi connectivity index (χ1v) is 11.2. The zero-order valence-corrected chi connectivity index (χ0v) is 17.4. The number of thioether (sulfide) groups is 1. The fourth-order valence-electron chi connectivity index (χ4n) is 3.27. The second-order valence-electron chi connectivity index (χ2n) is 7.18. The molecule has 0 aromatic carbocycles. The zero-order chi connectivity index (χ0) is 18.9. The molecule has 1 aromatic heterocycles. The van der Waals surface area contributed by atoms with E-state index in [1.165, 1.54) is 18.6 Å². The Balaban J connectivity index is 1.50. The lowest BCUT2D eigenvalue weighted by atomic mass is 10.2. The van der Waals surface area contributed by atoms with Gasteiger partial charge >= 0.3 is 0 Å². The number of guanidine groups is 1. The number of aryl methyl sites for hydroxylation is 1. The second kappa shape index (κ2) is 10.9. The minimum Gasteiger partial charge on any atom is -0.379 e. The Morgan fingerprint density at radius 1 is 1.33 bits per heavy atom. The molecule has 1 aromatic rings. The average molecular weight is 396 g/mol. The highest BCUT2D eigenvalue weighted by atomic mass is 32.2. The molecule has 1 unspecified atom stereocenters. The predicted molar refractivity (Wildman–Crippen MR) is 110 cm³/mol. The third-order valence-electron chi connectivity index (χ3n) is 5.11. The van der Waals surface area contributed by atoms with Crippen molar-refractivity contribution in [3.8, 4) is 0 Å². The summed E-state index contributed by atoms with van der Waals surface area (Å²) in [7, 11) is 1.99. The van der Waals surface area contributed by atoms with E-state index in [1.807, 2.05) is 30.3 Å². The quantitative estimate of drug-likeness (QED) is 0.401. The van der Waals surface area contributed by atoms with E-state index in [0.29, 0.717) is 12.6 Å². The van der Waals surface area contributed by atoms with Gasteiger partial charge in [-0.05, 0) is 38.5 Å². The van der Waals surface area contributed by atoms with Gasteiger partial charge in [-0.25, -0.2) is 4.99 Å². The molecule has 3 rings (SSSR count). The smallest absolute Gasteiger partial charge is 0.191 e. The van der Waals surface area contributed by atoms with Crippen LogP contribution >= 0.6 is 11.8 Å². The largest absolute Gasteiger partial charge is 0.379 e. The van der Waals surface area contributed by atoms with Gasteiger partial charge < -0.3 is 19.9 Å². The third-order valence-corrected chi connectivity index (χ3v) is 6.33. The van der Waals surface area contributed by atoms with Crippen molar-refractivity contribution in [2.75, 3.05) is 50.9 Å². The van der Waals surface area contributed by atoms with Crippen LogP contribution in [0.5, 0.6) is 0 Å². The fourth-order valence-corrected chi connectivity index (χ4v) is 4.35. The summed E-state index contributed by atoms with van der Waals surface area (Å²) in [6, 6.07) is 0.496. The number of aromatic nitrogens is 3. The summed E-state index contributed by atoms with van der Waals surface area (Å²) in [6.07, 6.45) is 3.59. The zero-order valence-electron chi connectivity index (χ0n) is 16.6. The lowest BCUT2D eigenvalue weighted by molar-refractivity contribution is 0.0376. The maximum absolute atomic E-state index is 5.41. The van der Waals surface area contributed by atoms with E-state index in [2.05, 4.69) is 25.7 Å². The number of nitrogens with one attached hydrogen (secondary N) is 2. The highest BCUT2D eigenvalue weighted by molar-refractivity contribution is 7.99. The topological polar surface area (TPSA) is 79.6 Å². The Kier molecular flexibility index (Phi) is 8.22. The SMILES string of the molecule is Cc1nnc(CN=C(NCCCN2CCOCC2)NC2CCCSC2)n1C. The fraction of sp³-hybridized carbons (Fsp3) is 0.833. The minimum atomic E-state index is 0.496. The van der Waals surface area contributed by atoms with Crippen LogP contribution in [-0.4, -0.2) is 82.6 Å². The molecule has 0 aliphatic carbocycles. The van der Waals surface area contributed by atoms with Gasteiger partial charge in [0.15, 0.2) is 11.8 Å². The second-order valence-corrected chi connectivity index (χ2v) is 8.33. The first-order chi connectivity index (χ1) is 13.2. The Morgan fingerprint density at radius 2 is 2.19 bits per heavy atom. The number of hydrogen-bond acceptors (Lipinski definition) is 6. The minimum absolute atomic E-state index is 0.496. The molecule has 3 heterocycles. The molecule has 27 heavy (non-hydrogen) atoms. The average Bonchev–Trinajstić information content (AvgIpc) is 3.03. The van der Waals surface area contributed by atoms with Gasteiger partial charge in [0.2, 0.25) is 0 Å². The Labute approximate surface area is 166 Å². The molecule has 0 spiro atoms. The molecule has 0 amide bonds. The first-order valence-electron chi connectivity index (χ1n) is 10.00. The maximum Gasteiger partial charge on any atom is 0.191 e. The number of ether oxygens (including phenoxy) is 1. The molecule has 0 radical (unpaired) electrons. The Morgan fingerprint density at radius 3 is 2.89 bits per heavy atom. The molecule has 1 atom stereocenters. The Hall–Kier alpha value is -1.32. The molecule has 2 aliphatic rings. The van der Waals surface area contributed by atoms with Crippen LogP contribution < -0.4 is 10.6 Å². The van der Waals surface area contributed by atoms with Gasteiger partial charge in [0, 0.05) is 38.5 Å². The molecule has 2 fully saturated rings. The van der Waals surface area contributed by atoms with Crippen LogP contribution in [0.1, 0.15) is 30.9 Å². The highest BCUT2D eigenvalue weighted by Crippen LogP contribution is 2.16. The Bertz CT molecular complexity index is 595. The molecule has 8 nitrogen and oxygen atoms in total. The molecule has 2 N–H and O–H groups in total. The summed E-state index contributed by atoms with van der Waals surface area (Å²) < 4.78 is 7.41. The summed E-state index contributed by atoms with van der Waals surface area (Å²) in [5.74, 6) is 5.12. The molecule has 9 heteroatoms. The van der Waals surface area contributed by atoms with Crippen LogP contribution in [-0.2, 0) is 18.3 Å². The van der Waals surface area contributed by atoms with Crippen LogP contribution in [0.2, 0.25) is 0 Å². The summed E-state index contributed by atoms with van der Waals surface area (Å²) >= 11 is 2.02. The number of nitrogens with zero attached hydrogens (tertiary/aromatic N) is 5. The van der Waals surface area contributed by atoms with Crippen molar-refractivity contribution in [3.63, 3.8) is 0 Å². The van der Waals surface area contributed by atoms with E-state index >= 15 is 0 Å².